The van der Waals surface area contributed by atoms with Gasteiger partial charge in [-0.05, 0) is 6.07 Å². The second kappa shape index (κ2) is 7.12. The number of hydrogen-bond donors (Lipinski definition) is 0. The summed E-state index contributed by atoms with van der Waals surface area (Å²) in [5.41, 5.74) is 0. The van der Waals surface area contributed by atoms with Crippen LogP contribution in [-0.4, -0.2) is 0 Å². The van der Waals surface area contributed by atoms with E-state index in [0.717, 1.165) is 0 Å². The summed E-state index contributed by atoms with van der Waals surface area (Å²) < 4.78 is 188. The fourth-order valence-corrected chi connectivity index (χ4v) is 4.05. The fraction of sp³-hybridized carbons (Fsp3) is 0. The van der Waals surface area contributed by atoms with E-state index in [0.29, 0.717) is 0 Å². The minimum atomic E-state index is -2.66. The summed E-state index contributed by atoms with van der Waals surface area (Å²) in [4.78, 5) is 0. The zero-order chi connectivity index (χ0) is 25.8. The molecule has 5 rings (SSSR count). The lowest BCUT2D eigenvalue weighted by atomic mass is 9.93. The first kappa shape index (κ1) is 23.0. The van der Waals surface area contributed by atoms with Crippen molar-refractivity contribution < 1.29 is 57.1 Å². The molecule has 0 aliphatic carbocycles. The van der Waals surface area contributed by atoms with Crippen LogP contribution in [0.4, 0.5) is 57.1 Å². The summed E-state index contributed by atoms with van der Waals surface area (Å²) in [5, 5.41) is -15.1. The molecule has 0 saturated carbocycles. The van der Waals surface area contributed by atoms with E-state index in [1.165, 1.54) is 0 Å². The van der Waals surface area contributed by atoms with Crippen molar-refractivity contribution in [3.8, 4) is 0 Å². The van der Waals surface area contributed by atoms with E-state index >= 15 is 26.3 Å². The van der Waals surface area contributed by atoms with Gasteiger partial charge in [0.2, 0.25) is 0 Å². The first-order valence-corrected chi connectivity index (χ1v) is 9.03. The lowest BCUT2D eigenvalue weighted by Gasteiger charge is -2.16. The van der Waals surface area contributed by atoms with Crippen LogP contribution in [0.3, 0.4) is 0 Å². The van der Waals surface area contributed by atoms with Gasteiger partial charge in [0, 0.05) is 5.39 Å². The Morgan fingerprint density at radius 1 is 0.257 bits per heavy atom. The van der Waals surface area contributed by atoms with Crippen molar-refractivity contribution >= 4 is 43.1 Å². The van der Waals surface area contributed by atoms with E-state index in [-0.39, 0.29) is 6.07 Å². The third-order valence-electron chi connectivity index (χ3n) is 5.58. The first-order chi connectivity index (χ1) is 16.3. The average molecular weight is 512 g/mol. The van der Waals surface area contributed by atoms with Crippen molar-refractivity contribution in [2.24, 2.45) is 0 Å². The van der Waals surface area contributed by atoms with Crippen molar-refractivity contribution in [1.82, 2.24) is 0 Å². The Balaban J connectivity index is 2.20. The molecule has 35 heavy (non-hydrogen) atoms. The quantitative estimate of drug-likeness (QED) is 0.0852. The summed E-state index contributed by atoms with van der Waals surface area (Å²) in [7, 11) is 0. The van der Waals surface area contributed by atoms with Gasteiger partial charge in [-0.1, -0.05) is 0 Å². The van der Waals surface area contributed by atoms with E-state index in [4.69, 9.17) is 0 Å². The molecule has 0 atom stereocenters. The number of rotatable bonds is 0. The maximum absolute atomic E-state index is 15.3. The molecular weight excluding hydrogens is 511 g/mol. The van der Waals surface area contributed by atoms with Crippen LogP contribution >= 0.6 is 0 Å². The van der Waals surface area contributed by atoms with Crippen LogP contribution in [0.15, 0.2) is 6.07 Å². The Morgan fingerprint density at radius 2 is 0.543 bits per heavy atom. The van der Waals surface area contributed by atoms with E-state index in [1.54, 1.807) is 0 Å². The molecule has 0 aromatic heterocycles. The molecule has 0 heterocycles. The Morgan fingerprint density at radius 3 is 0.943 bits per heavy atom. The van der Waals surface area contributed by atoms with Crippen molar-refractivity contribution in [2.45, 2.75) is 0 Å². The molecule has 0 aliphatic rings. The molecule has 13 heteroatoms. The smallest absolute Gasteiger partial charge is 0.198 e. The fourth-order valence-electron chi connectivity index (χ4n) is 4.05. The van der Waals surface area contributed by atoms with E-state index in [2.05, 4.69) is 0 Å². The van der Waals surface area contributed by atoms with Gasteiger partial charge in [-0.25, -0.2) is 57.1 Å². The monoisotopic (exact) mass is 512 g/mol. The van der Waals surface area contributed by atoms with Crippen molar-refractivity contribution in [3.05, 3.63) is 81.7 Å². The largest absolute Gasteiger partial charge is 0.206 e. The van der Waals surface area contributed by atoms with Gasteiger partial charge in [0.05, 0.1) is 37.7 Å². The van der Waals surface area contributed by atoms with Crippen LogP contribution in [0.2, 0.25) is 0 Å². The molecule has 0 fully saturated rings. The topological polar surface area (TPSA) is 0 Å². The summed E-state index contributed by atoms with van der Waals surface area (Å²) in [6.07, 6.45) is 0. The average Bonchev–Trinajstić information content (AvgIpc) is 2.81. The van der Waals surface area contributed by atoms with Crippen LogP contribution in [0.5, 0.6) is 0 Å². The lowest BCUT2D eigenvalue weighted by Crippen LogP contribution is -2.07. The van der Waals surface area contributed by atoms with Crippen LogP contribution < -0.4 is 0 Å². The molecule has 0 spiro atoms. The second-order valence-electron chi connectivity index (χ2n) is 7.30. The lowest BCUT2D eigenvalue weighted by molar-refractivity contribution is 0.415. The molecule has 0 unspecified atom stereocenters. The van der Waals surface area contributed by atoms with Crippen molar-refractivity contribution in [2.75, 3.05) is 0 Å². The Bertz CT molecular complexity index is 1820. The normalized spacial score (nSPS) is 12.1. The van der Waals surface area contributed by atoms with Gasteiger partial charge in [0.1, 0.15) is 34.9 Å². The van der Waals surface area contributed by atoms with Gasteiger partial charge < -0.3 is 0 Å². The number of halogens is 13. The molecule has 0 bridgehead atoms. The maximum atomic E-state index is 15.3. The third kappa shape index (κ3) is 2.60. The molecule has 0 radical (unpaired) electrons. The highest BCUT2D eigenvalue weighted by atomic mass is 19.2. The Kier molecular flexibility index (Phi) is 4.68. The molecule has 0 amide bonds. The molecular formula is C22HF13. The standard InChI is InChI=1S/C22HF13/c23-3-1-2-4(18(31)12(3)25)13(26)6-5(11(2)24)14(27)7-8(15(6)28)17(30)10-9(16(7)29)19(32)21(34)22(35)20(10)33/h1H. The van der Waals surface area contributed by atoms with Crippen LogP contribution in [0.1, 0.15) is 0 Å². The molecule has 0 aliphatic heterocycles. The van der Waals surface area contributed by atoms with E-state index in [9.17, 15) is 30.7 Å². The predicted octanol–water partition coefficient (Wildman–Crippen LogP) is 8.11. The minimum Gasteiger partial charge on any atom is -0.206 e. The molecule has 0 nitrogen and oxygen atoms in total. The number of benzene rings is 5. The molecule has 5 aromatic rings. The molecule has 180 valence electrons. The molecule has 0 N–H and O–H groups in total. The minimum absolute atomic E-state index is 0.127. The highest BCUT2D eigenvalue weighted by molar-refractivity contribution is 6.11. The summed E-state index contributed by atoms with van der Waals surface area (Å²) >= 11 is 0. The van der Waals surface area contributed by atoms with Crippen molar-refractivity contribution in [3.63, 3.8) is 0 Å². The van der Waals surface area contributed by atoms with Gasteiger partial charge >= 0.3 is 0 Å². The van der Waals surface area contributed by atoms with Gasteiger partial charge in [-0.2, -0.15) is 0 Å². The summed E-state index contributed by atoms with van der Waals surface area (Å²) in [6.45, 7) is 0. The zero-order valence-electron chi connectivity index (χ0n) is 16.0. The van der Waals surface area contributed by atoms with E-state index < -0.39 is 119 Å². The predicted molar refractivity (Wildman–Crippen MR) is 95.9 cm³/mol. The highest BCUT2D eigenvalue weighted by Gasteiger charge is 2.34. The van der Waals surface area contributed by atoms with Crippen LogP contribution in [0.25, 0.3) is 43.1 Å². The summed E-state index contributed by atoms with van der Waals surface area (Å²) in [5.74, 6) is -31.3. The van der Waals surface area contributed by atoms with E-state index in [1.807, 2.05) is 0 Å². The number of fused-ring (bicyclic) bond motifs is 4. The second-order valence-corrected chi connectivity index (χ2v) is 7.30. The maximum Gasteiger partial charge on any atom is 0.198 e. The molecule has 5 aromatic carbocycles. The van der Waals surface area contributed by atoms with Gasteiger partial charge in [0.25, 0.3) is 0 Å². The van der Waals surface area contributed by atoms with Crippen LogP contribution in [-0.2, 0) is 0 Å². The highest BCUT2D eigenvalue weighted by Crippen LogP contribution is 2.44. The number of hydrogen-bond acceptors (Lipinski definition) is 0. The Hall–Kier alpha value is -3.77. The van der Waals surface area contributed by atoms with Gasteiger partial charge in [-0.15, -0.1) is 0 Å². The SMILES string of the molecule is Fc1cc2c(F)c3c(F)c4c(F)c5c(F)c(F)c(F)c(F)c5c(F)c4c(F)c3c(F)c2c(F)c1F. The molecule has 0 saturated heterocycles. The zero-order valence-corrected chi connectivity index (χ0v) is 16.0. The summed E-state index contributed by atoms with van der Waals surface area (Å²) in [6, 6.07) is -0.127. The Labute approximate surface area is 182 Å². The van der Waals surface area contributed by atoms with Gasteiger partial charge in [-0.3, -0.25) is 0 Å². The van der Waals surface area contributed by atoms with Crippen molar-refractivity contribution in [1.29, 1.82) is 0 Å². The van der Waals surface area contributed by atoms with Gasteiger partial charge in [0.15, 0.2) is 40.7 Å². The third-order valence-corrected chi connectivity index (χ3v) is 5.58. The first-order valence-electron chi connectivity index (χ1n) is 9.03. The van der Waals surface area contributed by atoms with Crippen LogP contribution in [0, 0.1) is 75.6 Å².